The lowest BCUT2D eigenvalue weighted by Crippen LogP contribution is -2.03. The van der Waals surface area contributed by atoms with Crippen LogP contribution in [-0.4, -0.2) is 13.1 Å². The van der Waals surface area contributed by atoms with E-state index in [2.05, 4.69) is 25.8 Å². The van der Waals surface area contributed by atoms with Crippen LogP contribution in [0.3, 0.4) is 0 Å². The van der Waals surface area contributed by atoms with Gasteiger partial charge in [0.1, 0.15) is 5.69 Å². The van der Waals surface area contributed by atoms with Crippen LogP contribution in [0.5, 0.6) is 0 Å². The predicted molar refractivity (Wildman–Crippen MR) is 55.7 cm³/mol. The zero-order valence-electron chi connectivity index (χ0n) is 7.70. The maximum atomic E-state index is 11.3. The molecule has 0 aliphatic rings. The molecule has 0 aliphatic carbocycles. The molecule has 0 spiro atoms. The molecule has 0 saturated heterocycles. The number of halogens is 1. The van der Waals surface area contributed by atoms with Gasteiger partial charge >= 0.3 is 5.97 Å². The van der Waals surface area contributed by atoms with Gasteiger partial charge in [0, 0.05) is 4.47 Å². The van der Waals surface area contributed by atoms with Gasteiger partial charge in [-0.15, -0.1) is 4.91 Å². The number of ether oxygens (including phenoxy) is 1. The third-order valence-electron chi connectivity index (χ3n) is 1.85. The van der Waals surface area contributed by atoms with Gasteiger partial charge in [0.05, 0.1) is 12.7 Å². The van der Waals surface area contributed by atoms with Crippen LogP contribution in [0.25, 0.3) is 0 Å². The highest BCUT2D eigenvalue weighted by Gasteiger charge is 2.13. The van der Waals surface area contributed by atoms with Gasteiger partial charge < -0.3 is 4.74 Å². The van der Waals surface area contributed by atoms with Crippen molar-refractivity contribution in [1.29, 1.82) is 0 Å². The van der Waals surface area contributed by atoms with E-state index in [0.29, 0.717) is 15.6 Å². The van der Waals surface area contributed by atoms with Gasteiger partial charge in [-0.3, -0.25) is 0 Å². The first-order chi connectivity index (χ1) is 6.60. The number of hydrogen-bond donors (Lipinski definition) is 0. The molecule has 1 aromatic carbocycles. The smallest absolute Gasteiger partial charge is 0.338 e. The van der Waals surface area contributed by atoms with E-state index in [-0.39, 0.29) is 5.69 Å². The van der Waals surface area contributed by atoms with Crippen LogP contribution in [-0.2, 0) is 4.74 Å². The Morgan fingerprint density at radius 3 is 2.64 bits per heavy atom. The second kappa shape index (κ2) is 4.32. The van der Waals surface area contributed by atoms with Crippen LogP contribution < -0.4 is 0 Å². The monoisotopic (exact) mass is 257 g/mol. The number of rotatable bonds is 2. The van der Waals surface area contributed by atoms with Crippen molar-refractivity contribution < 1.29 is 9.53 Å². The molecule has 0 radical (unpaired) electrons. The van der Waals surface area contributed by atoms with Gasteiger partial charge in [-0.2, -0.15) is 0 Å². The Bertz CT molecular complexity index is 390. The van der Waals surface area contributed by atoms with Crippen LogP contribution in [0.1, 0.15) is 15.9 Å². The normalized spacial score (nSPS) is 9.64. The molecule has 0 amide bonds. The van der Waals surface area contributed by atoms with E-state index in [0.717, 1.165) is 0 Å². The third-order valence-corrected chi connectivity index (χ3v) is 2.31. The van der Waals surface area contributed by atoms with Crippen LogP contribution in [0.4, 0.5) is 5.69 Å². The fourth-order valence-electron chi connectivity index (χ4n) is 1.08. The molecule has 0 saturated carbocycles. The lowest BCUT2D eigenvalue weighted by molar-refractivity contribution is 0.0600. The van der Waals surface area contributed by atoms with Crippen LogP contribution in [0, 0.1) is 11.8 Å². The maximum Gasteiger partial charge on any atom is 0.338 e. The lowest BCUT2D eigenvalue weighted by Gasteiger charge is -2.05. The van der Waals surface area contributed by atoms with Gasteiger partial charge in [0.2, 0.25) is 0 Å². The minimum absolute atomic E-state index is 0.236. The predicted octanol–water partition coefficient (Wildman–Crippen LogP) is 2.94. The van der Waals surface area contributed by atoms with Crippen molar-refractivity contribution in [3.63, 3.8) is 0 Å². The number of nitroso groups, excluding NO2 is 1. The quantitative estimate of drug-likeness (QED) is 0.605. The summed E-state index contributed by atoms with van der Waals surface area (Å²) in [6, 6.07) is 3.14. The summed E-state index contributed by atoms with van der Waals surface area (Å²) < 4.78 is 5.19. The van der Waals surface area contributed by atoms with Gasteiger partial charge in [-0.05, 0) is 29.8 Å². The Kier molecular flexibility index (Phi) is 3.35. The zero-order chi connectivity index (χ0) is 10.7. The first kappa shape index (κ1) is 10.8. The lowest BCUT2D eigenvalue weighted by atomic mass is 10.1. The molecular weight excluding hydrogens is 250 g/mol. The molecule has 4 nitrogen and oxygen atoms in total. The summed E-state index contributed by atoms with van der Waals surface area (Å²) in [5.41, 5.74) is 1.10. The Labute approximate surface area is 89.4 Å². The number of nitrogens with zero attached hydrogens (tertiary/aromatic N) is 1. The van der Waals surface area contributed by atoms with Crippen molar-refractivity contribution in [2.45, 2.75) is 6.92 Å². The topological polar surface area (TPSA) is 55.7 Å². The van der Waals surface area contributed by atoms with Crippen LogP contribution in [0.2, 0.25) is 0 Å². The Hall–Kier alpha value is -1.23. The summed E-state index contributed by atoms with van der Waals surface area (Å²) in [4.78, 5) is 21.7. The maximum absolute atomic E-state index is 11.3. The summed E-state index contributed by atoms with van der Waals surface area (Å²) in [6.45, 7) is 1.65. The first-order valence-electron chi connectivity index (χ1n) is 3.82. The van der Waals surface area contributed by atoms with Gasteiger partial charge in [-0.25, -0.2) is 4.79 Å². The van der Waals surface area contributed by atoms with E-state index in [1.54, 1.807) is 19.1 Å². The second-order valence-electron chi connectivity index (χ2n) is 2.68. The minimum Gasteiger partial charge on any atom is -0.465 e. The van der Waals surface area contributed by atoms with E-state index in [1.165, 1.54) is 7.11 Å². The molecule has 0 unspecified atom stereocenters. The molecule has 0 N–H and O–H groups in total. The number of carbonyl (C=O) groups is 1. The molecule has 0 bridgehead atoms. The molecule has 5 heteroatoms. The SMILES string of the molecule is COC(=O)c1cc(Br)cc(N=O)c1C. The standard InChI is InChI=1S/C9H8BrNO3/c1-5-7(9(12)14-2)3-6(10)4-8(5)11-13/h3-4H,1-2H3. The zero-order valence-corrected chi connectivity index (χ0v) is 9.29. The van der Waals surface area contributed by atoms with E-state index in [1.807, 2.05) is 0 Å². The van der Waals surface area contributed by atoms with Crippen molar-refractivity contribution in [2.75, 3.05) is 7.11 Å². The highest BCUT2D eigenvalue weighted by molar-refractivity contribution is 9.10. The van der Waals surface area contributed by atoms with Crippen LogP contribution in [0.15, 0.2) is 21.8 Å². The van der Waals surface area contributed by atoms with Gasteiger partial charge in [-0.1, -0.05) is 15.9 Å². The summed E-state index contributed by atoms with van der Waals surface area (Å²) in [5.74, 6) is -0.478. The van der Waals surface area contributed by atoms with E-state index in [4.69, 9.17) is 0 Å². The highest BCUT2D eigenvalue weighted by atomic mass is 79.9. The summed E-state index contributed by atoms with van der Waals surface area (Å²) in [5, 5.41) is 2.82. The Morgan fingerprint density at radius 1 is 1.50 bits per heavy atom. The molecule has 0 aliphatic heterocycles. The molecule has 0 fully saturated rings. The summed E-state index contributed by atoms with van der Waals surface area (Å²) in [7, 11) is 1.29. The fraction of sp³-hybridized carbons (Fsp3) is 0.222. The molecule has 14 heavy (non-hydrogen) atoms. The van der Waals surface area contributed by atoms with Crippen LogP contribution >= 0.6 is 15.9 Å². The molecule has 74 valence electrons. The van der Waals surface area contributed by atoms with Crippen molar-refractivity contribution in [1.82, 2.24) is 0 Å². The van der Waals surface area contributed by atoms with E-state index in [9.17, 15) is 9.70 Å². The molecule has 0 aromatic heterocycles. The molecule has 1 aromatic rings. The van der Waals surface area contributed by atoms with Crippen molar-refractivity contribution in [3.8, 4) is 0 Å². The minimum atomic E-state index is -0.478. The number of hydrogen-bond acceptors (Lipinski definition) is 4. The number of benzene rings is 1. The number of methoxy groups -OCH3 is 1. The average molecular weight is 258 g/mol. The number of carbonyl (C=O) groups excluding carboxylic acids is 1. The fourth-order valence-corrected chi connectivity index (χ4v) is 1.53. The Balaban J connectivity index is 3.36. The first-order valence-corrected chi connectivity index (χ1v) is 4.61. The van der Waals surface area contributed by atoms with E-state index >= 15 is 0 Å². The van der Waals surface area contributed by atoms with Crippen molar-refractivity contribution in [2.24, 2.45) is 5.18 Å². The molecule has 1 rings (SSSR count). The average Bonchev–Trinajstić information content (AvgIpc) is 2.19. The summed E-state index contributed by atoms with van der Waals surface area (Å²) in [6.07, 6.45) is 0. The summed E-state index contributed by atoms with van der Waals surface area (Å²) >= 11 is 3.18. The van der Waals surface area contributed by atoms with Crippen molar-refractivity contribution in [3.05, 3.63) is 32.6 Å². The highest BCUT2D eigenvalue weighted by Crippen LogP contribution is 2.27. The molecule has 0 atom stereocenters. The second-order valence-corrected chi connectivity index (χ2v) is 3.60. The molecule has 0 heterocycles. The largest absolute Gasteiger partial charge is 0.465 e. The molecular formula is C9H8BrNO3. The Morgan fingerprint density at radius 2 is 2.14 bits per heavy atom. The van der Waals surface area contributed by atoms with Gasteiger partial charge in [0.25, 0.3) is 0 Å². The number of esters is 1. The van der Waals surface area contributed by atoms with Gasteiger partial charge in [0.15, 0.2) is 0 Å². The third kappa shape index (κ3) is 1.98. The van der Waals surface area contributed by atoms with Crippen molar-refractivity contribution >= 4 is 27.6 Å². The van der Waals surface area contributed by atoms with E-state index < -0.39 is 5.97 Å².